The van der Waals surface area contributed by atoms with Crippen LogP contribution >= 0.6 is 0 Å². The molecule has 2 atom stereocenters. The molecule has 0 aromatic rings. The molecule has 1 aliphatic heterocycles. The summed E-state index contributed by atoms with van der Waals surface area (Å²) in [7, 11) is 0. The monoisotopic (exact) mass is 157 g/mol. The lowest BCUT2D eigenvalue weighted by atomic mass is 10.0. The molecule has 1 heterocycles. The number of rotatable bonds is 1. The van der Waals surface area contributed by atoms with E-state index in [0.717, 1.165) is 6.54 Å². The third kappa shape index (κ3) is 1.93. The molecule has 0 radical (unpaired) electrons. The molecular weight excluding hydrogens is 142 g/mol. The van der Waals surface area contributed by atoms with E-state index in [2.05, 4.69) is 5.32 Å². The molecule has 3 heteroatoms. The highest BCUT2D eigenvalue weighted by atomic mass is 16.5. The maximum absolute atomic E-state index is 11.2. The summed E-state index contributed by atoms with van der Waals surface area (Å²) in [5.74, 6) is 0.203. The van der Waals surface area contributed by atoms with E-state index < -0.39 is 0 Å². The summed E-state index contributed by atoms with van der Waals surface area (Å²) < 4.78 is 5.06. The van der Waals surface area contributed by atoms with E-state index in [9.17, 15) is 4.79 Å². The Hall–Kier alpha value is -0.570. The molecule has 0 aromatic carbocycles. The van der Waals surface area contributed by atoms with Crippen molar-refractivity contribution in [3.8, 4) is 0 Å². The fraction of sp³-hybridized carbons (Fsp3) is 0.875. The van der Waals surface area contributed by atoms with E-state index in [1.165, 1.54) is 0 Å². The van der Waals surface area contributed by atoms with Crippen LogP contribution in [0.5, 0.6) is 0 Å². The van der Waals surface area contributed by atoms with Crippen LogP contribution in [0.1, 0.15) is 20.8 Å². The molecule has 64 valence electrons. The van der Waals surface area contributed by atoms with Gasteiger partial charge < -0.3 is 10.1 Å². The van der Waals surface area contributed by atoms with Crippen LogP contribution in [0.3, 0.4) is 0 Å². The molecular formula is C8H15NO2. The Morgan fingerprint density at radius 1 is 1.64 bits per heavy atom. The van der Waals surface area contributed by atoms with Gasteiger partial charge >= 0.3 is 5.97 Å². The number of hydrogen-bond acceptors (Lipinski definition) is 3. The summed E-state index contributed by atoms with van der Waals surface area (Å²) in [4.78, 5) is 11.2. The first-order valence-corrected chi connectivity index (χ1v) is 4.05. The highest BCUT2D eigenvalue weighted by Crippen LogP contribution is 2.09. The van der Waals surface area contributed by atoms with E-state index in [1.54, 1.807) is 0 Å². The van der Waals surface area contributed by atoms with Crippen LogP contribution in [0.15, 0.2) is 0 Å². The molecule has 1 rings (SSSR count). The number of nitrogens with one attached hydrogen (secondary N) is 1. The highest BCUT2D eigenvalue weighted by Gasteiger charge is 2.29. The Labute approximate surface area is 67.1 Å². The van der Waals surface area contributed by atoms with Crippen LogP contribution in [0.25, 0.3) is 0 Å². The van der Waals surface area contributed by atoms with Crippen molar-refractivity contribution in [1.29, 1.82) is 0 Å². The molecule has 1 aliphatic rings. The quantitative estimate of drug-likeness (QED) is 0.565. The van der Waals surface area contributed by atoms with Gasteiger partial charge in [0.2, 0.25) is 0 Å². The topological polar surface area (TPSA) is 38.3 Å². The lowest BCUT2D eigenvalue weighted by molar-refractivity contribution is -0.156. The number of cyclic esters (lactones) is 1. The zero-order valence-electron chi connectivity index (χ0n) is 7.26. The van der Waals surface area contributed by atoms with Crippen molar-refractivity contribution in [3.05, 3.63) is 0 Å². The van der Waals surface area contributed by atoms with Crippen molar-refractivity contribution in [2.75, 3.05) is 6.54 Å². The Morgan fingerprint density at radius 3 is 2.73 bits per heavy atom. The minimum absolute atomic E-state index is 0.0255. The average molecular weight is 157 g/mol. The van der Waals surface area contributed by atoms with Gasteiger partial charge in [-0.25, -0.2) is 0 Å². The lowest BCUT2D eigenvalue weighted by Crippen LogP contribution is -2.51. The third-order valence-corrected chi connectivity index (χ3v) is 1.86. The van der Waals surface area contributed by atoms with Gasteiger partial charge in [-0.15, -0.1) is 0 Å². The van der Waals surface area contributed by atoms with Crippen LogP contribution in [-0.4, -0.2) is 24.7 Å². The molecule has 3 nitrogen and oxygen atoms in total. The van der Waals surface area contributed by atoms with Gasteiger partial charge in [-0.1, -0.05) is 13.8 Å². The average Bonchev–Trinajstić information content (AvgIpc) is 1.85. The van der Waals surface area contributed by atoms with Crippen molar-refractivity contribution in [2.24, 2.45) is 5.92 Å². The number of hydrogen-bond donors (Lipinski definition) is 1. The Morgan fingerprint density at radius 2 is 2.27 bits per heavy atom. The number of ether oxygens (including phenoxy) is 1. The highest BCUT2D eigenvalue weighted by molar-refractivity contribution is 5.76. The fourth-order valence-electron chi connectivity index (χ4n) is 1.20. The predicted octanol–water partition coefficient (Wildman–Crippen LogP) is 0.546. The van der Waals surface area contributed by atoms with Gasteiger partial charge in [-0.3, -0.25) is 4.79 Å². The number of esters is 1. The van der Waals surface area contributed by atoms with Crippen molar-refractivity contribution in [3.63, 3.8) is 0 Å². The SMILES string of the molecule is CC1CNC(C(C)C)C(=O)O1. The van der Waals surface area contributed by atoms with E-state index in [0.29, 0.717) is 5.92 Å². The molecule has 11 heavy (non-hydrogen) atoms. The fourth-order valence-corrected chi connectivity index (χ4v) is 1.20. The van der Waals surface area contributed by atoms with E-state index in [-0.39, 0.29) is 18.1 Å². The van der Waals surface area contributed by atoms with Crippen LogP contribution in [0.2, 0.25) is 0 Å². The molecule has 1 saturated heterocycles. The first kappa shape index (κ1) is 8.53. The second-order valence-electron chi connectivity index (χ2n) is 3.38. The maximum Gasteiger partial charge on any atom is 0.323 e. The maximum atomic E-state index is 11.2. The summed E-state index contributed by atoms with van der Waals surface area (Å²) in [5.41, 5.74) is 0. The van der Waals surface area contributed by atoms with Gasteiger partial charge in [0.15, 0.2) is 0 Å². The van der Waals surface area contributed by atoms with Crippen molar-refractivity contribution in [1.82, 2.24) is 5.32 Å². The smallest absolute Gasteiger partial charge is 0.323 e. The van der Waals surface area contributed by atoms with Gasteiger partial charge in [0.05, 0.1) is 0 Å². The predicted molar refractivity (Wildman–Crippen MR) is 42.2 cm³/mol. The largest absolute Gasteiger partial charge is 0.460 e. The third-order valence-electron chi connectivity index (χ3n) is 1.86. The molecule has 0 aliphatic carbocycles. The van der Waals surface area contributed by atoms with Gasteiger partial charge in [0.25, 0.3) is 0 Å². The van der Waals surface area contributed by atoms with Crippen LogP contribution in [0, 0.1) is 5.92 Å². The standard InChI is InChI=1S/C8H15NO2/c1-5(2)7-8(10)11-6(3)4-9-7/h5-7,9H,4H2,1-3H3. The first-order valence-electron chi connectivity index (χ1n) is 4.05. The van der Waals surface area contributed by atoms with Crippen molar-refractivity contribution in [2.45, 2.75) is 32.9 Å². The molecule has 1 N–H and O–H groups in total. The van der Waals surface area contributed by atoms with Crippen molar-refractivity contribution < 1.29 is 9.53 Å². The minimum Gasteiger partial charge on any atom is -0.460 e. The zero-order chi connectivity index (χ0) is 8.43. The Bertz CT molecular complexity index is 156. The molecule has 0 aromatic heterocycles. The minimum atomic E-state index is -0.112. The van der Waals surface area contributed by atoms with Crippen LogP contribution < -0.4 is 5.32 Å². The normalized spacial score (nSPS) is 32.2. The van der Waals surface area contributed by atoms with Gasteiger partial charge in [-0.05, 0) is 12.8 Å². The second kappa shape index (κ2) is 3.22. The first-order chi connectivity index (χ1) is 5.11. The van der Waals surface area contributed by atoms with Gasteiger partial charge in [0, 0.05) is 6.54 Å². The summed E-state index contributed by atoms with van der Waals surface area (Å²) >= 11 is 0. The van der Waals surface area contributed by atoms with Crippen LogP contribution in [-0.2, 0) is 9.53 Å². The summed E-state index contributed by atoms with van der Waals surface area (Å²) in [5, 5.41) is 3.14. The van der Waals surface area contributed by atoms with Gasteiger partial charge in [0.1, 0.15) is 12.1 Å². The zero-order valence-corrected chi connectivity index (χ0v) is 7.26. The van der Waals surface area contributed by atoms with Gasteiger partial charge in [-0.2, -0.15) is 0 Å². The molecule has 1 fully saturated rings. The Kier molecular flexibility index (Phi) is 2.49. The van der Waals surface area contributed by atoms with E-state index >= 15 is 0 Å². The number of carbonyl (C=O) groups is 1. The molecule has 0 amide bonds. The number of carbonyl (C=O) groups excluding carboxylic acids is 1. The molecule has 0 spiro atoms. The van der Waals surface area contributed by atoms with E-state index in [1.807, 2.05) is 20.8 Å². The Balaban J connectivity index is 2.51. The number of morpholine rings is 1. The summed E-state index contributed by atoms with van der Waals surface area (Å²) in [6.07, 6.45) is 0.0255. The molecule has 0 saturated carbocycles. The lowest BCUT2D eigenvalue weighted by Gasteiger charge is -2.29. The van der Waals surface area contributed by atoms with Crippen molar-refractivity contribution >= 4 is 5.97 Å². The van der Waals surface area contributed by atoms with Crippen LogP contribution in [0.4, 0.5) is 0 Å². The molecule has 2 unspecified atom stereocenters. The summed E-state index contributed by atoms with van der Waals surface area (Å²) in [6, 6.07) is -0.105. The second-order valence-corrected chi connectivity index (χ2v) is 3.38. The summed E-state index contributed by atoms with van der Waals surface area (Å²) in [6.45, 7) is 6.68. The van der Waals surface area contributed by atoms with E-state index in [4.69, 9.17) is 4.74 Å². The molecule has 0 bridgehead atoms.